The molecular weight excluding hydrogens is 244 g/mol. The van der Waals surface area contributed by atoms with Gasteiger partial charge in [0, 0.05) is 4.47 Å². The molecular formula is C9H5BrN4. The summed E-state index contributed by atoms with van der Waals surface area (Å²) in [6.07, 6.45) is 1.43. The van der Waals surface area contributed by atoms with E-state index in [4.69, 9.17) is 5.26 Å². The Balaban J connectivity index is 2.40. The third-order valence-electron chi connectivity index (χ3n) is 1.66. The van der Waals surface area contributed by atoms with Crippen LogP contribution in [0.5, 0.6) is 0 Å². The minimum absolute atomic E-state index is 0.313. The molecule has 14 heavy (non-hydrogen) atoms. The molecule has 4 nitrogen and oxygen atoms in total. The topological polar surface area (TPSA) is 54.5 Å². The van der Waals surface area contributed by atoms with Gasteiger partial charge in [0.15, 0.2) is 5.69 Å². The van der Waals surface area contributed by atoms with Gasteiger partial charge in [-0.15, -0.1) is 5.10 Å². The summed E-state index contributed by atoms with van der Waals surface area (Å²) in [6.45, 7) is 0. The Morgan fingerprint density at radius 1 is 1.29 bits per heavy atom. The van der Waals surface area contributed by atoms with E-state index in [0.29, 0.717) is 5.69 Å². The second-order valence-corrected chi connectivity index (χ2v) is 3.52. The zero-order chi connectivity index (χ0) is 9.97. The molecule has 1 heterocycles. The fourth-order valence-corrected chi connectivity index (χ4v) is 1.28. The molecule has 2 aromatic rings. The molecule has 0 saturated carbocycles. The number of halogens is 1. The second-order valence-electron chi connectivity index (χ2n) is 2.61. The van der Waals surface area contributed by atoms with E-state index in [-0.39, 0.29) is 0 Å². The summed E-state index contributed by atoms with van der Waals surface area (Å²) in [5.74, 6) is 0. The molecule has 0 bridgehead atoms. The molecule has 0 aliphatic carbocycles. The Hall–Kier alpha value is -1.67. The lowest BCUT2D eigenvalue weighted by atomic mass is 10.3. The first-order valence-electron chi connectivity index (χ1n) is 3.88. The largest absolute Gasteiger partial charge is 0.191 e. The van der Waals surface area contributed by atoms with Crippen molar-refractivity contribution in [1.82, 2.24) is 15.0 Å². The van der Waals surface area contributed by atoms with Gasteiger partial charge in [0.2, 0.25) is 0 Å². The predicted octanol–water partition coefficient (Wildman–Crippen LogP) is 1.90. The molecule has 0 amide bonds. The lowest BCUT2D eigenvalue weighted by molar-refractivity contribution is 0.749. The SMILES string of the molecule is N#Cc1cnn(-c2ccc(Br)cc2)n1. The van der Waals surface area contributed by atoms with Crippen LogP contribution < -0.4 is 0 Å². The van der Waals surface area contributed by atoms with Crippen LogP contribution in [0.4, 0.5) is 0 Å². The van der Waals surface area contributed by atoms with Crippen LogP contribution in [0.2, 0.25) is 0 Å². The smallest absolute Gasteiger partial charge is 0.183 e. The molecule has 0 fully saturated rings. The van der Waals surface area contributed by atoms with Gasteiger partial charge in [-0.2, -0.15) is 15.2 Å². The molecule has 0 spiro atoms. The highest BCUT2D eigenvalue weighted by molar-refractivity contribution is 9.10. The molecule has 68 valence electrons. The molecule has 1 aromatic heterocycles. The van der Waals surface area contributed by atoms with E-state index in [1.807, 2.05) is 30.3 Å². The van der Waals surface area contributed by atoms with Gasteiger partial charge in [-0.1, -0.05) is 15.9 Å². The Morgan fingerprint density at radius 3 is 2.57 bits per heavy atom. The third kappa shape index (κ3) is 1.65. The fourth-order valence-electron chi connectivity index (χ4n) is 1.01. The molecule has 0 atom stereocenters. The van der Waals surface area contributed by atoms with Crippen molar-refractivity contribution < 1.29 is 0 Å². The summed E-state index contributed by atoms with van der Waals surface area (Å²) in [5.41, 5.74) is 1.14. The van der Waals surface area contributed by atoms with Crippen LogP contribution in [0.25, 0.3) is 5.69 Å². The Morgan fingerprint density at radius 2 is 2.00 bits per heavy atom. The first-order valence-corrected chi connectivity index (χ1v) is 4.67. The molecule has 0 aliphatic rings. The monoisotopic (exact) mass is 248 g/mol. The number of rotatable bonds is 1. The standard InChI is InChI=1S/C9H5BrN4/c10-7-1-3-9(4-2-7)14-12-6-8(5-11)13-14/h1-4,6H. The number of nitriles is 1. The lowest BCUT2D eigenvalue weighted by Crippen LogP contribution is -1.98. The highest BCUT2D eigenvalue weighted by Gasteiger charge is 2.00. The molecule has 1 aromatic carbocycles. The molecule has 0 saturated heterocycles. The quantitative estimate of drug-likeness (QED) is 0.775. The lowest BCUT2D eigenvalue weighted by Gasteiger charge is -1.97. The van der Waals surface area contributed by atoms with E-state index >= 15 is 0 Å². The Bertz CT molecular complexity index is 480. The summed E-state index contributed by atoms with van der Waals surface area (Å²) >= 11 is 3.33. The number of benzene rings is 1. The van der Waals surface area contributed by atoms with Crippen molar-refractivity contribution in [3.8, 4) is 11.8 Å². The van der Waals surface area contributed by atoms with Crippen LogP contribution in [0, 0.1) is 11.3 Å². The zero-order valence-corrected chi connectivity index (χ0v) is 8.64. The molecule has 5 heteroatoms. The van der Waals surface area contributed by atoms with Crippen LogP contribution in [-0.4, -0.2) is 15.0 Å². The normalized spacial score (nSPS) is 9.71. The van der Waals surface area contributed by atoms with Crippen molar-refractivity contribution in [2.45, 2.75) is 0 Å². The average molecular weight is 249 g/mol. The van der Waals surface area contributed by atoms with Crippen molar-refractivity contribution in [3.63, 3.8) is 0 Å². The van der Waals surface area contributed by atoms with Crippen LogP contribution in [0.15, 0.2) is 34.9 Å². The van der Waals surface area contributed by atoms with Gasteiger partial charge < -0.3 is 0 Å². The molecule has 0 N–H and O–H groups in total. The van der Waals surface area contributed by atoms with E-state index in [0.717, 1.165) is 10.2 Å². The van der Waals surface area contributed by atoms with Crippen LogP contribution in [-0.2, 0) is 0 Å². The van der Waals surface area contributed by atoms with Gasteiger partial charge in [0.05, 0.1) is 11.9 Å². The summed E-state index contributed by atoms with van der Waals surface area (Å²) < 4.78 is 0.994. The highest BCUT2D eigenvalue weighted by Crippen LogP contribution is 2.12. The van der Waals surface area contributed by atoms with Crippen molar-refractivity contribution in [3.05, 3.63) is 40.6 Å². The predicted molar refractivity (Wildman–Crippen MR) is 53.8 cm³/mol. The molecule has 2 rings (SSSR count). The van der Waals surface area contributed by atoms with Crippen LogP contribution >= 0.6 is 15.9 Å². The first kappa shape index (κ1) is 8.91. The van der Waals surface area contributed by atoms with Crippen LogP contribution in [0.3, 0.4) is 0 Å². The summed E-state index contributed by atoms with van der Waals surface area (Å²) in [6, 6.07) is 9.44. The van der Waals surface area contributed by atoms with E-state index in [2.05, 4.69) is 26.1 Å². The number of hydrogen-bond acceptors (Lipinski definition) is 3. The zero-order valence-electron chi connectivity index (χ0n) is 7.05. The second kappa shape index (κ2) is 3.60. The van der Waals surface area contributed by atoms with Crippen LogP contribution in [0.1, 0.15) is 5.69 Å². The number of hydrogen-bond donors (Lipinski definition) is 0. The average Bonchev–Trinajstić information content (AvgIpc) is 2.67. The highest BCUT2D eigenvalue weighted by atomic mass is 79.9. The van der Waals surface area contributed by atoms with E-state index in [1.54, 1.807) is 0 Å². The van der Waals surface area contributed by atoms with Gasteiger partial charge in [-0.05, 0) is 24.3 Å². The van der Waals surface area contributed by atoms with Gasteiger partial charge >= 0.3 is 0 Å². The summed E-state index contributed by atoms with van der Waals surface area (Å²) in [7, 11) is 0. The molecule has 0 unspecified atom stereocenters. The fraction of sp³-hybridized carbons (Fsp3) is 0. The van der Waals surface area contributed by atoms with Crippen molar-refractivity contribution in [2.24, 2.45) is 0 Å². The van der Waals surface area contributed by atoms with Gasteiger partial charge in [0.1, 0.15) is 6.07 Å². The molecule has 0 aliphatic heterocycles. The molecule has 0 radical (unpaired) electrons. The van der Waals surface area contributed by atoms with E-state index in [9.17, 15) is 0 Å². The third-order valence-corrected chi connectivity index (χ3v) is 2.19. The van der Waals surface area contributed by atoms with E-state index < -0.39 is 0 Å². The van der Waals surface area contributed by atoms with Crippen molar-refractivity contribution >= 4 is 15.9 Å². The summed E-state index contributed by atoms with van der Waals surface area (Å²) in [4.78, 5) is 1.42. The maximum absolute atomic E-state index is 8.57. The summed E-state index contributed by atoms with van der Waals surface area (Å²) in [5, 5.41) is 16.5. The van der Waals surface area contributed by atoms with Gasteiger partial charge in [-0.25, -0.2) is 0 Å². The number of nitrogens with zero attached hydrogens (tertiary/aromatic N) is 4. The minimum atomic E-state index is 0.313. The Kier molecular flexibility index (Phi) is 2.29. The Labute approximate surface area is 88.9 Å². The number of aromatic nitrogens is 3. The maximum Gasteiger partial charge on any atom is 0.183 e. The van der Waals surface area contributed by atoms with Crippen molar-refractivity contribution in [1.29, 1.82) is 5.26 Å². The van der Waals surface area contributed by atoms with Gasteiger partial charge in [-0.3, -0.25) is 0 Å². The van der Waals surface area contributed by atoms with Gasteiger partial charge in [0.25, 0.3) is 0 Å². The first-order chi connectivity index (χ1) is 6.79. The van der Waals surface area contributed by atoms with Crippen molar-refractivity contribution in [2.75, 3.05) is 0 Å². The maximum atomic E-state index is 8.57. The minimum Gasteiger partial charge on any atom is -0.191 e. The van der Waals surface area contributed by atoms with E-state index in [1.165, 1.54) is 11.0 Å².